The maximum atomic E-state index is 13.9. The average molecular weight is 841 g/mol. The molecule has 4 atom stereocenters. The number of carbonyl (C=O) groups excluding carboxylic acids is 4. The third-order valence-corrected chi connectivity index (χ3v) is 14.4. The summed E-state index contributed by atoms with van der Waals surface area (Å²) in [5.41, 5.74) is 2.08. The quantitative estimate of drug-likeness (QED) is 0.172. The van der Waals surface area contributed by atoms with Crippen molar-refractivity contribution in [1.82, 2.24) is 9.80 Å². The number of amides is 4. The first kappa shape index (κ1) is 43.6. The molecule has 0 saturated carbocycles. The molecule has 0 aliphatic carbocycles. The highest BCUT2D eigenvalue weighted by Gasteiger charge is 2.47. The molecule has 4 aliphatic heterocycles. The predicted octanol–water partition coefficient (Wildman–Crippen LogP) is 4.32. The minimum Gasteiger partial charge on any atom is -0.493 e. The van der Waals surface area contributed by atoms with Gasteiger partial charge in [-0.2, -0.15) is 0 Å². The molecule has 2 aromatic carbocycles. The van der Waals surface area contributed by atoms with Crippen LogP contribution in [0.4, 0.5) is 11.4 Å². The second kappa shape index (κ2) is 17.7. The molecule has 2 fully saturated rings. The molecule has 2 saturated heterocycles. The van der Waals surface area contributed by atoms with E-state index in [1.807, 2.05) is 6.92 Å². The molecule has 17 heteroatoms. The molecule has 4 aliphatic rings. The lowest BCUT2D eigenvalue weighted by Gasteiger charge is -2.26. The van der Waals surface area contributed by atoms with E-state index in [9.17, 15) is 29.4 Å². The summed E-state index contributed by atoms with van der Waals surface area (Å²) in [6.45, 7) is 16.8. The van der Waals surface area contributed by atoms with Crippen molar-refractivity contribution < 1.29 is 53.1 Å². The first-order valence-electron chi connectivity index (χ1n) is 20.3. The number of benzene rings is 2. The van der Waals surface area contributed by atoms with Gasteiger partial charge in [0.15, 0.2) is 11.5 Å². The summed E-state index contributed by atoms with van der Waals surface area (Å²) in [5.74, 6) is -0.155. The van der Waals surface area contributed by atoms with Crippen LogP contribution in [-0.2, 0) is 19.1 Å². The van der Waals surface area contributed by atoms with Crippen LogP contribution < -0.4 is 24.0 Å². The molecule has 58 heavy (non-hydrogen) atoms. The van der Waals surface area contributed by atoms with E-state index < -0.39 is 40.4 Å². The number of nitrogens with zero attached hydrogens (tertiary/aromatic N) is 4. The normalized spacial score (nSPS) is 22.1. The van der Waals surface area contributed by atoms with Crippen LogP contribution in [0.15, 0.2) is 24.3 Å². The molecule has 6 rings (SSSR count). The van der Waals surface area contributed by atoms with Crippen molar-refractivity contribution in [3.63, 3.8) is 0 Å². The first-order chi connectivity index (χ1) is 27.4. The van der Waals surface area contributed by atoms with E-state index >= 15 is 0 Å². The Bertz CT molecular complexity index is 1880. The highest BCUT2D eigenvalue weighted by atomic mass is 28.3. The summed E-state index contributed by atoms with van der Waals surface area (Å²) in [4.78, 5) is 61.3. The second-order valence-electron chi connectivity index (χ2n) is 18.2. The number of anilines is 2. The zero-order valence-corrected chi connectivity index (χ0v) is 37.2. The minimum absolute atomic E-state index is 0.0250. The van der Waals surface area contributed by atoms with Gasteiger partial charge in [-0.1, -0.05) is 39.3 Å². The van der Waals surface area contributed by atoms with E-state index in [1.165, 1.54) is 26.7 Å². The maximum absolute atomic E-state index is 13.9. The molecule has 0 aromatic heterocycles. The number of aliphatic hydroxyl groups is 2. The standard InChI is InChI=1S/C41H60N4O11Si2/c1-26-16-29-31(44(24-53-12-14-57(3,4)5)40(50)33-17-27(46)22-42(33)38(29)48)20-35(26)55-10-9-11-56-37-21-32-30(19-36(37)52-2)39(49)43-23-28(47)18-34(43)41(51)45(32)25-54-13-15-58(6,7)8/h16,19-21,27-28,33-34,46-47H,9-15,17-18,22-25H2,1-8H3/t27?,28?,33-,34-/m0/s1. The number of aliphatic hydroxyl groups excluding tert-OH is 2. The molecule has 4 amide bonds. The van der Waals surface area contributed by atoms with Gasteiger partial charge in [0.25, 0.3) is 23.6 Å². The average Bonchev–Trinajstić information content (AvgIpc) is 3.72. The molecule has 0 radical (unpaired) electrons. The van der Waals surface area contributed by atoms with Crippen molar-refractivity contribution in [1.29, 1.82) is 0 Å². The van der Waals surface area contributed by atoms with Gasteiger partial charge in [0, 0.05) is 73.8 Å². The van der Waals surface area contributed by atoms with Gasteiger partial charge in [-0.3, -0.25) is 29.0 Å². The lowest BCUT2D eigenvalue weighted by atomic mass is 10.1. The van der Waals surface area contributed by atoms with Crippen LogP contribution >= 0.6 is 0 Å². The Labute approximate surface area is 343 Å². The van der Waals surface area contributed by atoms with Crippen molar-refractivity contribution in [2.45, 2.75) is 102 Å². The molecule has 15 nitrogen and oxygen atoms in total. The van der Waals surface area contributed by atoms with E-state index in [-0.39, 0.29) is 81.8 Å². The number of rotatable bonds is 17. The smallest absolute Gasteiger partial charge is 0.256 e. The van der Waals surface area contributed by atoms with E-state index in [1.54, 1.807) is 24.3 Å². The van der Waals surface area contributed by atoms with E-state index in [0.29, 0.717) is 59.4 Å². The fourth-order valence-corrected chi connectivity index (χ4v) is 9.17. The maximum Gasteiger partial charge on any atom is 0.256 e. The van der Waals surface area contributed by atoms with Gasteiger partial charge in [-0.15, -0.1) is 0 Å². The fraction of sp³-hybridized carbons (Fsp3) is 0.610. The summed E-state index contributed by atoms with van der Waals surface area (Å²) in [5, 5.41) is 20.8. The Balaban J connectivity index is 1.17. The van der Waals surface area contributed by atoms with Crippen LogP contribution in [0.1, 0.15) is 45.5 Å². The summed E-state index contributed by atoms with van der Waals surface area (Å²) in [6.07, 6.45) is -0.830. The third-order valence-electron chi connectivity index (χ3n) is 11.0. The lowest BCUT2D eigenvalue weighted by Crippen LogP contribution is -2.45. The summed E-state index contributed by atoms with van der Waals surface area (Å²) in [7, 11) is -1.31. The van der Waals surface area contributed by atoms with Crippen LogP contribution in [0.5, 0.6) is 17.2 Å². The third kappa shape index (κ3) is 9.71. The van der Waals surface area contributed by atoms with Crippen molar-refractivity contribution in [2.75, 3.05) is 69.9 Å². The van der Waals surface area contributed by atoms with Crippen LogP contribution in [-0.4, -0.2) is 144 Å². The Kier molecular flexibility index (Phi) is 13.3. The molecule has 4 heterocycles. The largest absolute Gasteiger partial charge is 0.493 e. The molecular formula is C41H60N4O11Si2. The molecule has 318 valence electrons. The Morgan fingerprint density at radius 1 is 0.638 bits per heavy atom. The zero-order valence-electron chi connectivity index (χ0n) is 35.2. The van der Waals surface area contributed by atoms with Crippen LogP contribution in [0.3, 0.4) is 0 Å². The fourth-order valence-electron chi connectivity index (χ4n) is 7.65. The summed E-state index contributed by atoms with van der Waals surface area (Å²) >= 11 is 0. The van der Waals surface area contributed by atoms with Gasteiger partial charge in [-0.25, -0.2) is 0 Å². The van der Waals surface area contributed by atoms with E-state index in [0.717, 1.165) is 12.1 Å². The molecule has 0 spiro atoms. The number of methoxy groups -OCH3 is 1. The van der Waals surface area contributed by atoms with Crippen LogP contribution in [0, 0.1) is 6.92 Å². The molecular weight excluding hydrogens is 781 g/mol. The van der Waals surface area contributed by atoms with Gasteiger partial charge < -0.3 is 43.7 Å². The molecule has 2 unspecified atom stereocenters. The number of hydrogen-bond acceptors (Lipinski definition) is 11. The molecule has 0 bridgehead atoms. The predicted molar refractivity (Wildman–Crippen MR) is 224 cm³/mol. The Morgan fingerprint density at radius 3 is 1.55 bits per heavy atom. The highest BCUT2D eigenvalue weighted by molar-refractivity contribution is 6.76. The Hall–Kier alpha value is -4.01. The monoisotopic (exact) mass is 840 g/mol. The molecule has 2 aromatic rings. The zero-order chi connectivity index (χ0) is 42.1. The molecule has 2 N–H and O–H groups in total. The van der Waals surface area contributed by atoms with Gasteiger partial charge >= 0.3 is 0 Å². The van der Waals surface area contributed by atoms with Gasteiger partial charge in [-0.05, 0) is 36.7 Å². The number of fused-ring (bicyclic) bond motifs is 4. The van der Waals surface area contributed by atoms with Crippen molar-refractivity contribution in [3.8, 4) is 17.2 Å². The topological polar surface area (TPSA) is 168 Å². The van der Waals surface area contributed by atoms with Crippen LogP contribution in [0.2, 0.25) is 51.4 Å². The first-order valence-corrected chi connectivity index (χ1v) is 27.7. The minimum atomic E-state index is -1.40. The van der Waals surface area contributed by atoms with Crippen molar-refractivity contribution >= 4 is 51.2 Å². The SMILES string of the molecule is COc1cc2c(cc1OCCCOc1cc3c(cc1C)C(=O)N1CC(O)C[C@H]1C(=O)N3COCC[Si](C)(C)C)N(COCC[Si](C)(C)C)C(=O)[C@@H]1CC(O)CN1C2=O. The number of carbonyl (C=O) groups is 4. The van der Waals surface area contributed by atoms with E-state index in [2.05, 4.69) is 39.3 Å². The number of aryl methyl sites for hydroxylation is 1. The highest BCUT2D eigenvalue weighted by Crippen LogP contribution is 2.41. The van der Waals surface area contributed by atoms with Crippen molar-refractivity contribution in [3.05, 3.63) is 41.0 Å². The number of hydrogen-bond donors (Lipinski definition) is 2. The van der Waals surface area contributed by atoms with E-state index in [4.69, 9.17) is 23.7 Å². The number of ether oxygens (including phenoxy) is 5. The van der Waals surface area contributed by atoms with Gasteiger partial charge in [0.2, 0.25) is 0 Å². The second-order valence-corrected chi connectivity index (χ2v) is 29.4. The van der Waals surface area contributed by atoms with Crippen molar-refractivity contribution in [2.24, 2.45) is 0 Å². The van der Waals surface area contributed by atoms with Gasteiger partial charge in [0.05, 0.1) is 55.0 Å². The summed E-state index contributed by atoms with van der Waals surface area (Å²) in [6, 6.07) is 6.90. The lowest BCUT2D eigenvalue weighted by molar-refractivity contribution is -0.124. The van der Waals surface area contributed by atoms with Gasteiger partial charge in [0.1, 0.15) is 31.3 Å². The summed E-state index contributed by atoms with van der Waals surface area (Å²) < 4.78 is 30.1. The van der Waals surface area contributed by atoms with Crippen LogP contribution in [0.25, 0.3) is 0 Å². The Morgan fingerprint density at radius 2 is 1.09 bits per heavy atom.